The van der Waals surface area contributed by atoms with Crippen LogP contribution in [-0.2, 0) is 0 Å². The monoisotopic (exact) mass is 239 g/mol. The van der Waals surface area contributed by atoms with E-state index in [1.165, 1.54) is 32.2 Å². The Morgan fingerprint density at radius 3 is 1.67 bits per heavy atom. The summed E-state index contributed by atoms with van der Waals surface area (Å²) < 4.78 is 1.11. The fourth-order valence-corrected chi connectivity index (χ4v) is 1.01. The third kappa shape index (κ3) is 41.1. The SMILES string of the molecule is CCCCCC[N+](C)(C)C.[O-][Si](O)(O)O. The van der Waals surface area contributed by atoms with Crippen molar-refractivity contribution in [3.63, 3.8) is 0 Å². The van der Waals surface area contributed by atoms with Gasteiger partial charge in [-0.1, -0.05) is 19.8 Å². The molecule has 0 fully saturated rings. The molecule has 0 aliphatic heterocycles. The number of hydrogen-bond donors (Lipinski definition) is 3. The van der Waals surface area contributed by atoms with Gasteiger partial charge >= 0.3 is 9.05 Å². The molecule has 94 valence electrons. The molecule has 0 radical (unpaired) electrons. The highest BCUT2D eigenvalue weighted by Crippen LogP contribution is 2.01. The molecule has 0 aromatic rings. The number of rotatable bonds is 5. The van der Waals surface area contributed by atoms with E-state index in [1.54, 1.807) is 0 Å². The van der Waals surface area contributed by atoms with Gasteiger partial charge in [-0.15, -0.1) is 0 Å². The summed E-state index contributed by atoms with van der Waals surface area (Å²) in [4.78, 5) is 30.6. The topological polar surface area (TPSA) is 83.8 Å². The molecule has 0 saturated carbocycles. The van der Waals surface area contributed by atoms with Gasteiger partial charge in [0.25, 0.3) is 0 Å². The summed E-state index contributed by atoms with van der Waals surface area (Å²) in [5, 5.41) is 0. The van der Waals surface area contributed by atoms with Gasteiger partial charge in [0.15, 0.2) is 0 Å². The van der Waals surface area contributed by atoms with E-state index in [-0.39, 0.29) is 0 Å². The highest BCUT2D eigenvalue weighted by Gasteiger charge is 2.04. The van der Waals surface area contributed by atoms with Crippen molar-refractivity contribution in [3.05, 3.63) is 0 Å². The highest BCUT2D eigenvalue weighted by molar-refractivity contribution is 6.44. The Hall–Kier alpha value is 0.0169. The molecular formula is C9H25NO4Si. The van der Waals surface area contributed by atoms with Gasteiger partial charge in [0.2, 0.25) is 0 Å². The summed E-state index contributed by atoms with van der Waals surface area (Å²) in [6.45, 7) is 3.58. The largest absolute Gasteiger partial charge is 0.794 e. The van der Waals surface area contributed by atoms with E-state index >= 15 is 0 Å². The van der Waals surface area contributed by atoms with Gasteiger partial charge in [-0.25, -0.2) is 0 Å². The lowest BCUT2D eigenvalue weighted by molar-refractivity contribution is -0.870. The molecule has 0 spiro atoms. The maximum Gasteiger partial charge on any atom is 0.404 e. The van der Waals surface area contributed by atoms with Crippen LogP contribution in [0.4, 0.5) is 0 Å². The zero-order chi connectivity index (χ0) is 12.5. The second kappa shape index (κ2) is 8.20. The molecule has 0 bridgehead atoms. The van der Waals surface area contributed by atoms with Crippen LogP contribution in [0.15, 0.2) is 0 Å². The minimum absolute atomic E-state index is 1.11. The molecular weight excluding hydrogens is 214 g/mol. The molecule has 0 amide bonds. The van der Waals surface area contributed by atoms with Crippen LogP contribution in [-0.4, -0.2) is 55.6 Å². The molecule has 15 heavy (non-hydrogen) atoms. The second-order valence-corrected chi connectivity index (χ2v) is 5.80. The first-order valence-electron chi connectivity index (χ1n) is 5.24. The van der Waals surface area contributed by atoms with Crippen LogP contribution in [0.25, 0.3) is 0 Å². The van der Waals surface area contributed by atoms with Crippen molar-refractivity contribution in [1.82, 2.24) is 0 Å². The standard InChI is InChI=1S/C9H22N.H3O4Si/c1-5-6-7-8-9-10(2,3)4;1-5(2,3)4/h5-9H2,1-4H3;1-3H/q+1;-1. The van der Waals surface area contributed by atoms with Crippen LogP contribution in [0, 0.1) is 0 Å². The molecule has 3 N–H and O–H groups in total. The Labute approximate surface area is 93.7 Å². The Morgan fingerprint density at radius 1 is 1.00 bits per heavy atom. The van der Waals surface area contributed by atoms with Crippen LogP contribution >= 0.6 is 0 Å². The number of nitrogens with zero attached hydrogens (tertiary/aromatic N) is 1. The van der Waals surface area contributed by atoms with Crippen LogP contribution < -0.4 is 4.80 Å². The summed E-state index contributed by atoms with van der Waals surface area (Å²) >= 11 is 0. The van der Waals surface area contributed by atoms with Crippen molar-refractivity contribution in [2.45, 2.75) is 32.6 Å². The van der Waals surface area contributed by atoms with Crippen LogP contribution in [0.1, 0.15) is 32.6 Å². The molecule has 6 heteroatoms. The maximum atomic E-state index is 8.91. The first kappa shape index (κ1) is 17.4. The van der Waals surface area contributed by atoms with Crippen LogP contribution in [0.2, 0.25) is 0 Å². The van der Waals surface area contributed by atoms with Crippen LogP contribution in [0.5, 0.6) is 0 Å². The quantitative estimate of drug-likeness (QED) is 0.327. The molecule has 0 aliphatic carbocycles. The van der Waals surface area contributed by atoms with E-state index in [0.29, 0.717) is 0 Å². The fraction of sp³-hybridized carbons (Fsp3) is 1.00. The van der Waals surface area contributed by atoms with Gasteiger partial charge in [-0.3, -0.25) is 0 Å². The third-order valence-corrected chi connectivity index (χ3v) is 1.68. The van der Waals surface area contributed by atoms with Crippen molar-refractivity contribution in [1.29, 1.82) is 0 Å². The van der Waals surface area contributed by atoms with Crippen molar-refractivity contribution in [3.8, 4) is 0 Å². The second-order valence-electron chi connectivity index (χ2n) is 4.65. The molecule has 0 atom stereocenters. The minimum Gasteiger partial charge on any atom is -0.794 e. The third-order valence-electron chi connectivity index (χ3n) is 1.68. The fourth-order valence-electron chi connectivity index (χ4n) is 1.01. The first-order valence-corrected chi connectivity index (χ1v) is 6.99. The molecule has 0 heterocycles. The van der Waals surface area contributed by atoms with E-state index in [4.69, 9.17) is 19.2 Å². The molecule has 0 saturated heterocycles. The molecule has 0 rings (SSSR count). The van der Waals surface area contributed by atoms with Gasteiger partial charge in [0.05, 0.1) is 27.7 Å². The minimum atomic E-state index is -4.86. The summed E-state index contributed by atoms with van der Waals surface area (Å²) in [5.74, 6) is 0. The Bertz CT molecular complexity index is 136. The summed E-state index contributed by atoms with van der Waals surface area (Å²) in [7, 11) is 1.91. The first-order chi connectivity index (χ1) is 6.56. The number of unbranched alkanes of at least 4 members (excludes halogenated alkanes) is 3. The van der Waals surface area contributed by atoms with Crippen molar-refractivity contribution < 1.29 is 23.7 Å². The lowest BCUT2D eigenvalue weighted by Gasteiger charge is -2.23. The average molecular weight is 239 g/mol. The van der Waals surface area contributed by atoms with E-state index < -0.39 is 9.05 Å². The summed E-state index contributed by atoms with van der Waals surface area (Å²) in [5.41, 5.74) is 0. The van der Waals surface area contributed by atoms with Gasteiger partial charge in [-0.2, -0.15) is 0 Å². The molecule has 0 aromatic heterocycles. The molecule has 0 aromatic carbocycles. The number of hydrogen-bond acceptors (Lipinski definition) is 4. The highest BCUT2D eigenvalue weighted by atomic mass is 28.4. The maximum absolute atomic E-state index is 8.91. The van der Waals surface area contributed by atoms with Gasteiger partial charge in [0, 0.05) is 0 Å². The zero-order valence-corrected chi connectivity index (χ0v) is 11.2. The lowest BCUT2D eigenvalue weighted by atomic mass is 10.2. The smallest absolute Gasteiger partial charge is 0.404 e. The Morgan fingerprint density at radius 2 is 1.40 bits per heavy atom. The summed E-state index contributed by atoms with van der Waals surface area (Å²) in [6.07, 6.45) is 5.54. The van der Waals surface area contributed by atoms with Crippen molar-refractivity contribution >= 4 is 9.05 Å². The van der Waals surface area contributed by atoms with Crippen molar-refractivity contribution in [2.24, 2.45) is 0 Å². The van der Waals surface area contributed by atoms with Gasteiger partial charge in [-0.05, 0) is 12.8 Å². The van der Waals surface area contributed by atoms with Gasteiger partial charge in [0.1, 0.15) is 0 Å². The lowest BCUT2D eigenvalue weighted by Crippen LogP contribution is -2.50. The molecule has 0 aliphatic rings. The Kier molecular flexibility index (Phi) is 9.52. The van der Waals surface area contributed by atoms with E-state index in [9.17, 15) is 0 Å². The Balaban J connectivity index is 0. The van der Waals surface area contributed by atoms with Crippen LogP contribution in [0.3, 0.4) is 0 Å². The van der Waals surface area contributed by atoms with E-state index in [2.05, 4.69) is 28.1 Å². The van der Waals surface area contributed by atoms with Crippen molar-refractivity contribution in [2.75, 3.05) is 27.7 Å². The normalized spacial score (nSPS) is 12.0. The molecule has 0 unspecified atom stereocenters. The van der Waals surface area contributed by atoms with E-state index in [0.717, 1.165) is 4.48 Å². The average Bonchev–Trinajstić information content (AvgIpc) is 1.93. The van der Waals surface area contributed by atoms with Gasteiger partial charge < -0.3 is 23.7 Å². The van der Waals surface area contributed by atoms with E-state index in [1.807, 2.05) is 0 Å². The molecule has 5 nitrogen and oxygen atoms in total. The summed E-state index contributed by atoms with van der Waals surface area (Å²) in [6, 6.07) is 0. The predicted molar refractivity (Wildman–Crippen MR) is 59.5 cm³/mol. The number of quaternary nitrogens is 1. The predicted octanol–water partition coefficient (Wildman–Crippen LogP) is -0.968. The zero-order valence-electron chi connectivity index (χ0n) is 10.2.